The highest BCUT2D eigenvalue weighted by Gasteiger charge is 2.21. The van der Waals surface area contributed by atoms with Gasteiger partial charge >= 0.3 is 0 Å². The van der Waals surface area contributed by atoms with Crippen molar-refractivity contribution < 1.29 is 19.7 Å². The highest BCUT2D eigenvalue weighted by molar-refractivity contribution is 6.08. The normalized spacial score (nSPS) is 11.0. The van der Waals surface area contributed by atoms with Crippen LogP contribution in [-0.4, -0.2) is 19.7 Å². The lowest BCUT2D eigenvalue weighted by Gasteiger charge is -2.15. The van der Waals surface area contributed by atoms with Crippen molar-refractivity contribution in [3.8, 4) is 33.4 Å². The summed E-state index contributed by atoms with van der Waals surface area (Å²) in [4.78, 5) is 43.7. The molecule has 0 aromatic heterocycles. The molecule has 44 heavy (non-hydrogen) atoms. The van der Waals surface area contributed by atoms with E-state index >= 15 is 0 Å². The second-order valence-corrected chi connectivity index (χ2v) is 9.99. The molecule has 214 valence electrons. The van der Waals surface area contributed by atoms with Crippen LogP contribution in [0.3, 0.4) is 0 Å². The first-order valence-electron chi connectivity index (χ1n) is 13.0. The fourth-order valence-electron chi connectivity index (χ4n) is 5.35. The number of fused-ring (bicyclic) bond motifs is 2. The second kappa shape index (κ2) is 10.7. The summed E-state index contributed by atoms with van der Waals surface area (Å²) in [5, 5.41) is 49.6. The molecule has 6 aromatic rings. The summed E-state index contributed by atoms with van der Waals surface area (Å²) in [5.41, 5.74) is 1.19. The Morgan fingerprint density at radius 1 is 0.364 bits per heavy atom. The van der Waals surface area contributed by atoms with E-state index in [-0.39, 0.29) is 11.1 Å². The van der Waals surface area contributed by atoms with E-state index in [4.69, 9.17) is 0 Å². The van der Waals surface area contributed by atoms with E-state index in [0.29, 0.717) is 22.3 Å². The van der Waals surface area contributed by atoms with Gasteiger partial charge in [0, 0.05) is 24.3 Å². The second-order valence-electron chi connectivity index (χ2n) is 9.99. The number of nitro benzene ring substituents is 4. The molecule has 0 aliphatic carbocycles. The minimum Gasteiger partial charge on any atom is -0.258 e. The van der Waals surface area contributed by atoms with Crippen LogP contribution in [0, 0.1) is 40.5 Å². The van der Waals surface area contributed by atoms with E-state index in [1.54, 1.807) is 24.3 Å². The maximum Gasteiger partial charge on any atom is 0.276 e. The minimum atomic E-state index is -0.687. The fraction of sp³-hybridized carbons (Fsp3) is 0. The van der Waals surface area contributed by atoms with Gasteiger partial charge in [0.05, 0.1) is 31.8 Å². The number of hydrogen-bond donors (Lipinski definition) is 0. The summed E-state index contributed by atoms with van der Waals surface area (Å²) in [6, 6.07) is 28.9. The lowest BCUT2D eigenvalue weighted by Crippen LogP contribution is -1.95. The Hall–Kier alpha value is -6.56. The van der Waals surface area contributed by atoms with Crippen LogP contribution in [0.4, 0.5) is 22.7 Å². The van der Waals surface area contributed by atoms with Crippen molar-refractivity contribution in [1.82, 2.24) is 0 Å². The number of nitrogens with zero attached hydrogens (tertiary/aromatic N) is 4. The first-order chi connectivity index (χ1) is 21.1. The third kappa shape index (κ3) is 5.03. The van der Waals surface area contributed by atoms with Gasteiger partial charge in [-0.25, -0.2) is 0 Å². The summed E-state index contributed by atoms with van der Waals surface area (Å²) in [7, 11) is 0. The lowest BCUT2D eigenvalue weighted by molar-refractivity contribution is -0.394. The number of benzene rings is 6. The van der Waals surface area contributed by atoms with Crippen LogP contribution < -0.4 is 0 Å². The molecule has 0 radical (unpaired) electrons. The molecule has 0 fully saturated rings. The Morgan fingerprint density at radius 2 is 0.659 bits per heavy atom. The van der Waals surface area contributed by atoms with E-state index in [0.717, 1.165) is 33.7 Å². The van der Waals surface area contributed by atoms with Crippen LogP contribution >= 0.6 is 0 Å². The van der Waals surface area contributed by atoms with Gasteiger partial charge in [0.15, 0.2) is 0 Å². The van der Waals surface area contributed by atoms with Gasteiger partial charge in [-0.15, -0.1) is 0 Å². The van der Waals surface area contributed by atoms with Gasteiger partial charge in [0.25, 0.3) is 22.7 Å². The van der Waals surface area contributed by atoms with Crippen molar-refractivity contribution in [2.24, 2.45) is 0 Å². The van der Waals surface area contributed by atoms with Gasteiger partial charge in [-0.05, 0) is 79.2 Å². The molecule has 0 atom stereocenters. The van der Waals surface area contributed by atoms with E-state index in [1.165, 1.54) is 24.3 Å². The highest BCUT2D eigenvalue weighted by Crippen LogP contribution is 2.42. The third-order valence-corrected chi connectivity index (χ3v) is 7.33. The first-order valence-corrected chi connectivity index (χ1v) is 13.0. The molecular formula is C32H18N4O8. The van der Waals surface area contributed by atoms with Gasteiger partial charge in [0.1, 0.15) is 0 Å². The van der Waals surface area contributed by atoms with Crippen molar-refractivity contribution in [1.29, 1.82) is 0 Å². The van der Waals surface area contributed by atoms with Crippen molar-refractivity contribution in [3.63, 3.8) is 0 Å². The molecule has 0 saturated carbocycles. The molecule has 0 unspecified atom stereocenters. The maximum absolute atomic E-state index is 11.6. The average Bonchev–Trinajstić information content (AvgIpc) is 3.03. The summed E-state index contributed by atoms with van der Waals surface area (Å²) in [5.74, 6) is 0. The molecule has 12 heteroatoms. The lowest BCUT2D eigenvalue weighted by atomic mass is 9.88. The van der Waals surface area contributed by atoms with Gasteiger partial charge in [0.2, 0.25) is 0 Å². The molecule has 0 spiro atoms. The summed E-state index contributed by atoms with van der Waals surface area (Å²) < 4.78 is 0. The van der Waals surface area contributed by atoms with Gasteiger partial charge in [-0.1, -0.05) is 48.5 Å². The zero-order chi connectivity index (χ0) is 31.1. The van der Waals surface area contributed by atoms with Crippen molar-refractivity contribution in [2.45, 2.75) is 0 Å². The zero-order valence-electron chi connectivity index (χ0n) is 22.4. The quantitative estimate of drug-likeness (QED) is 0.132. The smallest absolute Gasteiger partial charge is 0.258 e. The number of rotatable bonds is 7. The van der Waals surface area contributed by atoms with Crippen molar-refractivity contribution in [3.05, 3.63) is 150 Å². The van der Waals surface area contributed by atoms with Crippen molar-refractivity contribution >= 4 is 44.3 Å². The number of nitro groups is 4. The van der Waals surface area contributed by atoms with Gasteiger partial charge in [-0.2, -0.15) is 0 Å². The SMILES string of the molecule is O=[N+]([O-])c1cc(-c2cc(-c3cc(-c4cc([N+](=O)[O-])cc([N+](=O)[O-])c4)cc4ccccc34)c3ccccc3c2)cc([N+](=O)[O-])c1. The van der Waals surface area contributed by atoms with Crippen LogP contribution in [0.2, 0.25) is 0 Å². The topological polar surface area (TPSA) is 173 Å². The molecular weight excluding hydrogens is 568 g/mol. The van der Waals surface area contributed by atoms with Crippen LogP contribution in [0.1, 0.15) is 0 Å². The predicted octanol–water partition coefficient (Wildman–Crippen LogP) is 8.63. The molecule has 0 heterocycles. The predicted molar refractivity (Wildman–Crippen MR) is 164 cm³/mol. The fourth-order valence-corrected chi connectivity index (χ4v) is 5.35. The molecule has 6 aromatic carbocycles. The van der Waals surface area contributed by atoms with Crippen molar-refractivity contribution in [2.75, 3.05) is 0 Å². The Labute approximate surface area is 247 Å². The highest BCUT2D eigenvalue weighted by atomic mass is 16.6. The number of non-ortho nitro benzene ring substituents is 4. The molecule has 0 aliphatic rings. The van der Waals surface area contributed by atoms with Crippen LogP contribution in [0.25, 0.3) is 54.9 Å². The van der Waals surface area contributed by atoms with E-state index in [1.807, 2.05) is 48.5 Å². The third-order valence-electron chi connectivity index (χ3n) is 7.33. The minimum absolute atomic E-state index is 0.271. The zero-order valence-corrected chi connectivity index (χ0v) is 22.4. The molecule has 0 N–H and O–H groups in total. The van der Waals surface area contributed by atoms with Crippen LogP contribution in [-0.2, 0) is 0 Å². The summed E-state index contributed by atoms with van der Waals surface area (Å²) in [6.45, 7) is 0. The Morgan fingerprint density at radius 3 is 0.977 bits per heavy atom. The van der Waals surface area contributed by atoms with E-state index < -0.39 is 42.4 Å². The Balaban J connectivity index is 1.67. The summed E-state index contributed by atoms with van der Waals surface area (Å²) >= 11 is 0. The average molecular weight is 587 g/mol. The van der Waals surface area contributed by atoms with Crippen LogP contribution in [0.5, 0.6) is 0 Å². The van der Waals surface area contributed by atoms with E-state index in [9.17, 15) is 40.5 Å². The standard InChI is InChI=1S/C32H18N4O8/c37-33(38)25-11-23(12-26(17-25)34(39)40)21-9-19-5-1-3-7-29(19)31(15-21)32-16-22(10-20-6-2-4-8-30(20)32)24-13-27(35(41)42)18-28(14-24)36(43)44/h1-18H. The molecule has 0 amide bonds. The molecule has 0 bridgehead atoms. The number of hydrogen-bond acceptors (Lipinski definition) is 8. The molecule has 6 rings (SSSR count). The monoisotopic (exact) mass is 586 g/mol. The first kappa shape index (κ1) is 27.6. The maximum atomic E-state index is 11.6. The molecule has 0 aliphatic heterocycles. The Bertz CT molecular complexity index is 1990. The molecule has 0 saturated heterocycles. The Kier molecular flexibility index (Phi) is 6.70. The van der Waals surface area contributed by atoms with E-state index in [2.05, 4.69) is 0 Å². The van der Waals surface area contributed by atoms with Gasteiger partial charge < -0.3 is 0 Å². The summed E-state index contributed by atoms with van der Waals surface area (Å²) in [6.07, 6.45) is 0. The van der Waals surface area contributed by atoms with Crippen LogP contribution in [0.15, 0.2) is 109 Å². The molecule has 12 nitrogen and oxygen atoms in total. The van der Waals surface area contributed by atoms with Gasteiger partial charge in [-0.3, -0.25) is 40.5 Å². The largest absolute Gasteiger partial charge is 0.276 e.